The topological polar surface area (TPSA) is 50.2 Å². The van der Waals surface area contributed by atoms with Crippen molar-refractivity contribution in [2.75, 3.05) is 32.4 Å². The van der Waals surface area contributed by atoms with Crippen LogP contribution in [0.15, 0.2) is 24.3 Å². The van der Waals surface area contributed by atoms with Crippen LogP contribution in [-0.2, 0) is 17.1 Å². The quantitative estimate of drug-likeness (QED) is 0.725. The summed E-state index contributed by atoms with van der Waals surface area (Å²) in [6.45, 7) is 6.38. The average Bonchev–Trinajstić information content (AvgIpc) is 2.98. The van der Waals surface area contributed by atoms with Crippen molar-refractivity contribution in [3.8, 4) is 0 Å². The highest BCUT2D eigenvalue weighted by Gasteiger charge is 2.23. The van der Waals surface area contributed by atoms with Gasteiger partial charge in [-0.3, -0.25) is 4.79 Å². The Labute approximate surface area is 178 Å². The van der Waals surface area contributed by atoms with Crippen LogP contribution < -0.4 is 5.32 Å². The third-order valence-electron chi connectivity index (χ3n) is 4.95. The van der Waals surface area contributed by atoms with Gasteiger partial charge in [-0.25, -0.2) is 4.98 Å². The summed E-state index contributed by atoms with van der Waals surface area (Å²) in [6, 6.07) is 8.09. The van der Waals surface area contributed by atoms with Gasteiger partial charge in [0, 0.05) is 13.1 Å². The molecular formula is C19H30Cl2N4OS. The van der Waals surface area contributed by atoms with Crippen molar-refractivity contribution in [2.24, 2.45) is 5.92 Å². The summed E-state index contributed by atoms with van der Waals surface area (Å²) in [4.78, 5) is 19.6. The molecule has 1 aromatic heterocycles. The number of carbonyl (C=O) groups excluding carboxylic acids is 1. The number of nitrogens with zero attached hydrogens (tertiary/aromatic N) is 3. The van der Waals surface area contributed by atoms with Gasteiger partial charge in [-0.2, -0.15) is 11.8 Å². The van der Waals surface area contributed by atoms with E-state index >= 15 is 0 Å². The maximum atomic E-state index is 12.8. The van der Waals surface area contributed by atoms with E-state index < -0.39 is 0 Å². The van der Waals surface area contributed by atoms with Crippen molar-refractivity contribution >= 4 is 53.5 Å². The Hall–Kier alpha value is -0.950. The third kappa shape index (κ3) is 6.01. The molecule has 0 aliphatic carbocycles. The van der Waals surface area contributed by atoms with E-state index in [1.54, 1.807) is 11.8 Å². The lowest BCUT2D eigenvalue weighted by atomic mass is 9.97. The van der Waals surface area contributed by atoms with E-state index in [0.29, 0.717) is 12.5 Å². The van der Waals surface area contributed by atoms with Gasteiger partial charge in [0.15, 0.2) is 0 Å². The number of carbonyl (C=O) groups is 1. The maximum absolute atomic E-state index is 12.8. The van der Waals surface area contributed by atoms with Crippen LogP contribution in [0.25, 0.3) is 11.0 Å². The molecule has 0 atom stereocenters. The van der Waals surface area contributed by atoms with Crippen LogP contribution >= 0.6 is 36.6 Å². The lowest BCUT2D eigenvalue weighted by Gasteiger charge is -2.32. The highest BCUT2D eigenvalue weighted by atomic mass is 35.5. The number of nitrogens with one attached hydrogen (secondary N) is 1. The zero-order valence-corrected chi connectivity index (χ0v) is 18.5. The molecule has 2 aromatic rings. The largest absolute Gasteiger partial charge is 0.341 e. The van der Waals surface area contributed by atoms with Crippen molar-refractivity contribution in [2.45, 2.75) is 32.1 Å². The lowest BCUT2D eigenvalue weighted by molar-refractivity contribution is -0.133. The molecule has 1 aliphatic rings. The minimum atomic E-state index is 0. The SMILES string of the molecule is CCNCC1CCN(C(=O)Cn2c(CSC)nc3ccccc32)CC1.Cl.Cl. The number of halogens is 2. The fourth-order valence-electron chi connectivity index (χ4n) is 3.51. The molecule has 1 saturated heterocycles. The highest BCUT2D eigenvalue weighted by molar-refractivity contribution is 7.97. The van der Waals surface area contributed by atoms with Gasteiger partial charge in [-0.15, -0.1) is 24.8 Å². The molecule has 0 spiro atoms. The molecule has 5 nitrogen and oxygen atoms in total. The van der Waals surface area contributed by atoms with Crippen LogP contribution in [0.3, 0.4) is 0 Å². The van der Waals surface area contributed by atoms with E-state index in [-0.39, 0.29) is 30.7 Å². The van der Waals surface area contributed by atoms with E-state index in [1.165, 1.54) is 0 Å². The van der Waals surface area contributed by atoms with E-state index in [1.807, 2.05) is 23.1 Å². The number of benzene rings is 1. The number of fused-ring (bicyclic) bond motifs is 1. The first-order valence-corrected chi connectivity index (χ1v) is 10.5. The highest BCUT2D eigenvalue weighted by Crippen LogP contribution is 2.21. The van der Waals surface area contributed by atoms with Gasteiger partial charge >= 0.3 is 0 Å². The number of piperidine rings is 1. The summed E-state index contributed by atoms with van der Waals surface area (Å²) in [7, 11) is 0. The number of imidazole rings is 1. The molecule has 152 valence electrons. The molecule has 0 radical (unpaired) electrons. The van der Waals surface area contributed by atoms with Crippen molar-refractivity contribution in [1.82, 2.24) is 19.8 Å². The Morgan fingerprint density at radius 1 is 1.26 bits per heavy atom. The predicted octanol–water partition coefficient (Wildman–Crippen LogP) is 3.59. The Kier molecular flexibility index (Phi) is 10.5. The van der Waals surface area contributed by atoms with Crippen molar-refractivity contribution < 1.29 is 4.79 Å². The number of likely N-dealkylation sites (tertiary alicyclic amines) is 1. The van der Waals surface area contributed by atoms with Gasteiger partial charge < -0.3 is 14.8 Å². The number of hydrogen-bond donors (Lipinski definition) is 1. The summed E-state index contributed by atoms with van der Waals surface area (Å²) >= 11 is 1.74. The molecule has 1 aromatic carbocycles. The molecule has 27 heavy (non-hydrogen) atoms. The molecule has 3 rings (SSSR count). The van der Waals surface area contributed by atoms with Crippen molar-refractivity contribution in [1.29, 1.82) is 0 Å². The Bertz CT molecular complexity index is 717. The molecule has 0 bridgehead atoms. The number of aromatic nitrogens is 2. The molecule has 1 fully saturated rings. The number of hydrogen-bond acceptors (Lipinski definition) is 4. The van der Waals surface area contributed by atoms with Gasteiger partial charge in [-0.05, 0) is 50.2 Å². The number of thioether (sulfide) groups is 1. The first-order valence-electron chi connectivity index (χ1n) is 9.14. The Morgan fingerprint density at radius 2 is 1.96 bits per heavy atom. The molecule has 1 amide bonds. The summed E-state index contributed by atoms with van der Waals surface area (Å²) in [6.07, 6.45) is 4.27. The fraction of sp³-hybridized carbons (Fsp3) is 0.579. The molecule has 0 unspecified atom stereocenters. The summed E-state index contributed by atoms with van der Waals surface area (Å²) in [5, 5.41) is 3.42. The number of para-hydroxylation sites is 2. The van der Waals surface area contributed by atoms with E-state index in [0.717, 1.165) is 61.6 Å². The second-order valence-corrected chi connectivity index (χ2v) is 7.53. The second kappa shape index (κ2) is 11.8. The minimum Gasteiger partial charge on any atom is -0.341 e. The smallest absolute Gasteiger partial charge is 0.242 e. The monoisotopic (exact) mass is 432 g/mol. The van der Waals surface area contributed by atoms with Gasteiger partial charge in [0.1, 0.15) is 12.4 Å². The second-order valence-electron chi connectivity index (χ2n) is 6.67. The van der Waals surface area contributed by atoms with Crippen LogP contribution in [0, 0.1) is 5.92 Å². The zero-order chi connectivity index (χ0) is 17.6. The van der Waals surface area contributed by atoms with Crippen molar-refractivity contribution in [3.63, 3.8) is 0 Å². The first-order chi connectivity index (χ1) is 12.2. The predicted molar refractivity (Wildman–Crippen MR) is 119 cm³/mol. The molecular weight excluding hydrogens is 403 g/mol. The zero-order valence-electron chi connectivity index (χ0n) is 16.0. The first kappa shape index (κ1) is 24.1. The maximum Gasteiger partial charge on any atom is 0.242 e. The van der Waals surface area contributed by atoms with Gasteiger partial charge in [0.05, 0.1) is 16.8 Å². The number of rotatable bonds is 7. The molecule has 2 heterocycles. The third-order valence-corrected chi connectivity index (χ3v) is 5.50. The van der Waals surface area contributed by atoms with Gasteiger partial charge in [0.2, 0.25) is 5.91 Å². The van der Waals surface area contributed by atoms with Crippen LogP contribution in [0.2, 0.25) is 0 Å². The minimum absolute atomic E-state index is 0. The van der Waals surface area contributed by atoms with Crippen LogP contribution in [0.1, 0.15) is 25.6 Å². The summed E-state index contributed by atoms with van der Waals surface area (Å²) in [5.74, 6) is 2.73. The molecule has 8 heteroatoms. The molecule has 1 N–H and O–H groups in total. The van der Waals surface area contributed by atoms with Gasteiger partial charge in [0.25, 0.3) is 0 Å². The molecule has 1 aliphatic heterocycles. The Balaban J connectivity index is 0.00000182. The van der Waals surface area contributed by atoms with Gasteiger partial charge in [-0.1, -0.05) is 19.1 Å². The van der Waals surface area contributed by atoms with E-state index in [4.69, 9.17) is 4.98 Å². The van der Waals surface area contributed by atoms with Crippen LogP contribution in [0.5, 0.6) is 0 Å². The van der Waals surface area contributed by atoms with E-state index in [2.05, 4.69) is 29.1 Å². The summed E-state index contributed by atoms with van der Waals surface area (Å²) < 4.78 is 2.10. The normalized spacial score (nSPS) is 14.7. The van der Waals surface area contributed by atoms with Crippen LogP contribution in [0.4, 0.5) is 0 Å². The Morgan fingerprint density at radius 3 is 2.63 bits per heavy atom. The molecule has 0 saturated carbocycles. The lowest BCUT2D eigenvalue weighted by Crippen LogP contribution is -2.42. The van der Waals surface area contributed by atoms with Crippen molar-refractivity contribution in [3.05, 3.63) is 30.1 Å². The fourth-order valence-corrected chi connectivity index (χ4v) is 3.99. The number of amides is 1. The summed E-state index contributed by atoms with van der Waals surface area (Å²) in [5.41, 5.74) is 2.03. The van der Waals surface area contributed by atoms with Crippen LogP contribution in [-0.4, -0.2) is 52.8 Å². The average molecular weight is 433 g/mol. The van der Waals surface area contributed by atoms with E-state index in [9.17, 15) is 4.79 Å². The standard InChI is InChI=1S/C19H28N4OS.2ClH/c1-3-20-12-15-8-10-22(11-9-15)19(24)13-23-17-7-5-4-6-16(17)21-18(23)14-25-2;;/h4-7,15,20H,3,8-14H2,1-2H3;2*1H.